The number of carbonyl (C=O) groups excluding carboxylic acids is 1. The molecule has 6 heteroatoms. The fourth-order valence-corrected chi connectivity index (χ4v) is 2.29. The van der Waals surface area contributed by atoms with E-state index in [0.29, 0.717) is 6.54 Å². The Morgan fingerprint density at radius 1 is 1.58 bits per heavy atom. The molecular formula is C13H21N5O. The second-order valence-electron chi connectivity index (χ2n) is 5.23. The molecule has 1 aromatic heterocycles. The molecule has 0 aromatic carbocycles. The Morgan fingerprint density at radius 3 is 2.84 bits per heavy atom. The number of rotatable bonds is 4. The summed E-state index contributed by atoms with van der Waals surface area (Å²) in [4.78, 5) is 22.5. The Morgan fingerprint density at radius 2 is 2.32 bits per heavy atom. The summed E-state index contributed by atoms with van der Waals surface area (Å²) in [5.74, 6) is 2.22. The van der Waals surface area contributed by atoms with Gasteiger partial charge in [0.1, 0.15) is 17.5 Å². The van der Waals surface area contributed by atoms with Gasteiger partial charge < -0.3 is 16.0 Å². The molecule has 1 fully saturated rings. The summed E-state index contributed by atoms with van der Waals surface area (Å²) < 4.78 is 0. The number of carbonyl (C=O) groups is 1. The topological polar surface area (TPSA) is 84.1 Å². The maximum atomic E-state index is 11.5. The van der Waals surface area contributed by atoms with E-state index in [-0.39, 0.29) is 5.91 Å². The lowest BCUT2D eigenvalue weighted by Gasteiger charge is -2.22. The third-order valence-electron chi connectivity index (χ3n) is 3.72. The summed E-state index contributed by atoms with van der Waals surface area (Å²) in [5, 5.41) is 3.04. The lowest BCUT2D eigenvalue weighted by Crippen LogP contribution is -2.37. The Bertz CT molecular complexity index is 468. The first-order chi connectivity index (χ1) is 8.98. The summed E-state index contributed by atoms with van der Waals surface area (Å²) >= 11 is 0. The normalized spacial score (nSPS) is 22.6. The molecule has 1 aliphatic rings. The summed E-state index contributed by atoms with van der Waals surface area (Å²) in [6.07, 6.45) is 1.55. The molecular weight excluding hydrogens is 242 g/mol. The summed E-state index contributed by atoms with van der Waals surface area (Å²) in [5.41, 5.74) is 5.01. The number of amides is 1. The number of nitrogens with zero attached hydrogens (tertiary/aromatic N) is 3. The first-order valence-electron chi connectivity index (χ1n) is 6.59. The monoisotopic (exact) mass is 263 g/mol. The molecule has 1 aromatic rings. The number of nitrogens with two attached hydrogens (primary N) is 1. The number of nitrogens with one attached hydrogen (secondary N) is 1. The number of hydrogen-bond donors (Lipinski definition) is 2. The van der Waals surface area contributed by atoms with Gasteiger partial charge in [-0.1, -0.05) is 6.92 Å². The molecule has 0 aliphatic carbocycles. The Labute approximate surface area is 113 Å². The van der Waals surface area contributed by atoms with Crippen molar-refractivity contribution >= 4 is 17.5 Å². The van der Waals surface area contributed by atoms with Crippen molar-refractivity contribution in [1.29, 1.82) is 0 Å². The molecule has 1 unspecified atom stereocenters. The maximum Gasteiger partial charge on any atom is 0.225 e. The summed E-state index contributed by atoms with van der Waals surface area (Å²) in [7, 11) is 1.84. The average molecular weight is 263 g/mol. The van der Waals surface area contributed by atoms with Crippen molar-refractivity contribution in [1.82, 2.24) is 9.97 Å². The molecule has 1 amide bonds. The highest BCUT2D eigenvalue weighted by molar-refractivity contribution is 5.82. The van der Waals surface area contributed by atoms with E-state index in [1.165, 1.54) is 0 Å². The van der Waals surface area contributed by atoms with Gasteiger partial charge in [-0.15, -0.1) is 0 Å². The number of anilines is 2. The largest absolute Gasteiger partial charge is 0.373 e. The standard InChI is InChI=1S/C13H21N5O/c1-4-9-16-10(15-3)7-11(17-9)18-6-5-13(2,8-18)12(14)19/h7H,4-6,8H2,1-3H3,(H2,14,19)(H,15,16,17). The van der Waals surface area contributed by atoms with Gasteiger partial charge in [0.25, 0.3) is 0 Å². The van der Waals surface area contributed by atoms with Crippen molar-refractivity contribution in [3.05, 3.63) is 11.9 Å². The van der Waals surface area contributed by atoms with E-state index in [1.54, 1.807) is 0 Å². The first kappa shape index (κ1) is 13.6. The van der Waals surface area contributed by atoms with Crippen molar-refractivity contribution in [3.8, 4) is 0 Å². The molecule has 104 valence electrons. The molecule has 19 heavy (non-hydrogen) atoms. The molecule has 1 atom stereocenters. The van der Waals surface area contributed by atoms with Crippen molar-refractivity contribution in [2.24, 2.45) is 11.1 Å². The van der Waals surface area contributed by atoms with Crippen LogP contribution in [-0.2, 0) is 11.2 Å². The SMILES string of the molecule is CCc1nc(NC)cc(N2CCC(C)(C(N)=O)C2)n1. The lowest BCUT2D eigenvalue weighted by molar-refractivity contribution is -0.125. The molecule has 1 aliphatic heterocycles. The van der Waals surface area contributed by atoms with Crippen LogP contribution in [0.3, 0.4) is 0 Å². The second kappa shape index (κ2) is 5.03. The number of hydrogen-bond acceptors (Lipinski definition) is 5. The van der Waals surface area contributed by atoms with Crippen molar-refractivity contribution in [2.75, 3.05) is 30.4 Å². The van der Waals surface area contributed by atoms with Crippen LogP contribution < -0.4 is 16.0 Å². The van der Waals surface area contributed by atoms with E-state index in [4.69, 9.17) is 5.73 Å². The Hall–Kier alpha value is -1.85. The average Bonchev–Trinajstić information content (AvgIpc) is 2.82. The van der Waals surface area contributed by atoms with E-state index >= 15 is 0 Å². The quantitative estimate of drug-likeness (QED) is 0.838. The zero-order valence-electron chi connectivity index (χ0n) is 11.7. The van der Waals surface area contributed by atoms with Gasteiger partial charge in [-0.25, -0.2) is 9.97 Å². The molecule has 0 bridgehead atoms. The van der Waals surface area contributed by atoms with Crippen molar-refractivity contribution < 1.29 is 4.79 Å². The molecule has 3 N–H and O–H groups in total. The zero-order chi connectivity index (χ0) is 14.0. The molecule has 0 radical (unpaired) electrons. The van der Waals surface area contributed by atoms with Crippen molar-refractivity contribution in [2.45, 2.75) is 26.7 Å². The molecule has 1 saturated heterocycles. The van der Waals surface area contributed by atoms with Gasteiger partial charge in [-0.05, 0) is 13.3 Å². The van der Waals surface area contributed by atoms with Gasteiger partial charge in [0.05, 0.1) is 5.41 Å². The predicted molar refractivity (Wildman–Crippen MR) is 75.1 cm³/mol. The van der Waals surface area contributed by atoms with Crippen LogP contribution >= 0.6 is 0 Å². The zero-order valence-corrected chi connectivity index (χ0v) is 11.7. The van der Waals surface area contributed by atoms with E-state index in [2.05, 4.69) is 20.2 Å². The minimum atomic E-state index is -0.461. The van der Waals surface area contributed by atoms with Crippen LogP contribution in [-0.4, -0.2) is 36.0 Å². The minimum absolute atomic E-state index is 0.242. The smallest absolute Gasteiger partial charge is 0.225 e. The van der Waals surface area contributed by atoms with Crippen LogP contribution in [0.25, 0.3) is 0 Å². The van der Waals surface area contributed by atoms with E-state index in [9.17, 15) is 4.79 Å². The molecule has 0 spiro atoms. The Balaban J connectivity index is 2.26. The molecule has 6 nitrogen and oxygen atoms in total. The van der Waals surface area contributed by atoms with Gasteiger partial charge >= 0.3 is 0 Å². The van der Waals surface area contributed by atoms with E-state index < -0.39 is 5.41 Å². The fourth-order valence-electron chi connectivity index (χ4n) is 2.29. The molecule has 2 rings (SSSR count). The van der Waals surface area contributed by atoms with Gasteiger partial charge in [-0.3, -0.25) is 4.79 Å². The van der Waals surface area contributed by atoms with Crippen LogP contribution in [0, 0.1) is 5.41 Å². The van der Waals surface area contributed by atoms with Gasteiger partial charge in [0.15, 0.2) is 0 Å². The number of primary amides is 1. The van der Waals surface area contributed by atoms with Crippen LogP contribution in [0.1, 0.15) is 26.1 Å². The fraction of sp³-hybridized carbons (Fsp3) is 0.615. The van der Waals surface area contributed by atoms with E-state index in [0.717, 1.165) is 36.8 Å². The highest BCUT2D eigenvalue weighted by Crippen LogP contribution is 2.32. The van der Waals surface area contributed by atoms with Crippen molar-refractivity contribution in [3.63, 3.8) is 0 Å². The van der Waals surface area contributed by atoms with Crippen LogP contribution in [0.5, 0.6) is 0 Å². The second-order valence-corrected chi connectivity index (χ2v) is 5.23. The number of aromatic nitrogens is 2. The maximum absolute atomic E-state index is 11.5. The minimum Gasteiger partial charge on any atom is -0.373 e. The van der Waals surface area contributed by atoms with Crippen LogP contribution in [0.15, 0.2) is 6.07 Å². The summed E-state index contributed by atoms with van der Waals surface area (Å²) in [6.45, 7) is 5.35. The lowest BCUT2D eigenvalue weighted by atomic mass is 9.89. The van der Waals surface area contributed by atoms with E-state index in [1.807, 2.05) is 27.0 Å². The van der Waals surface area contributed by atoms with Gasteiger partial charge in [0.2, 0.25) is 5.91 Å². The Kier molecular flexibility index (Phi) is 3.59. The highest BCUT2D eigenvalue weighted by Gasteiger charge is 2.39. The van der Waals surface area contributed by atoms with Gasteiger partial charge in [0, 0.05) is 32.6 Å². The third kappa shape index (κ3) is 2.62. The predicted octanol–water partition coefficient (Wildman–Crippen LogP) is 0.782. The first-order valence-corrected chi connectivity index (χ1v) is 6.59. The highest BCUT2D eigenvalue weighted by atomic mass is 16.1. The third-order valence-corrected chi connectivity index (χ3v) is 3.72. The molecule has 2 heterocycles. The molecule has 0 saturated carbocycles. The van der Waals surface area contributed by atoms with Gasteiger partial charge in [-0.2, -0.15) is 0 Å². The summed E-state index contributed by atoms with van der Waals surface area (Å²) in [6, 6.07) is 1.91. The van der Waals surface area contributed by atoms with Crippen LogP contribution in [0.2, 0.25) is 0 Å². The number of aryl methyl sites for hydroxylation is 1. The van der Waals surface area contributed by atoms with Crippen LogP contribution in [0.4, 0.5) is 11.6 Å².